The van der Waals surface area contributed by atoms with Crippen molar-refractivity contribution in [3.8, 4) is 39.6 Å². The molecule has 4 aromatic heterocycles. The fraction of sp³-hybridized carbons (Fsp3) is 0. The van der Waals surface area contributed by atoms with Crippen LogP contribution in [0.15, 0.2) is 146 Å². The molecule has 4 nitrogen and oxygen atoms in total. The molecular formula is C37H24N4. The average Bonchev–Trinajstić information content (AvgIpc) is 3.39. The van der Waals surface area contributed by atoms with Crippen molar-refractivity contribution in [2.45, 2.75) is 0 Å². The number of benzene rings is 4. The third kappa shape index (κ3) is 3.88. The molecule has 8 aromatic rings. The number of para-hydroxylation sites is 1. The van der Waals surface area contributed by atoms with Gasteiger partial charge in [-0.2, -0.15) is 0 Å². The van der Waals surface area contributed by atoms with E-state index in [9.17, 15) is 0 Å². The number of fused-ring (bicyclic) bond motifs is 4. The Morgan fingerprint density at radius 3 is 1.98 bits per heavy atom. The predicted octanol–water partition coefficient (Wildman–Crippen LogP) is 9.12. The van der Waals surface area contributed by atoms with Gasteiger partial charge in [-0.25, -0.2) is 9.97 Å². The lowest BCUT2D eigenvalue weighted by molar-refractivity contribution is 1.08. The summed E-state index contributed by atoms with van der Waals surface area (Å²) in [5.74, 6) is 0.850. The van der Waals surface area contributed by atoms with E-state index in [0.29, 0.717) is 0 Å². The second kappa shape index (κ2) is 9.54. The zero-order valence-corrected chi connectivity index (χ0v) is 22.1. The summed E-state index contributed by atoms with van der Waals surface area (Å²) in [6.45, 7) is 0. The van der Waals surface area contributed by atoms with Gasteiger partial charge in [-0.1, -0.05) is 97.1 Å². The number of nitrogens with zero attached hydrogens (tertiary/aromatic N) is 4. The molecule has 4 heteroatoms. The van der Waals surface area contributed by atoms with Crippen molar-refractivity contribution in [3.05, 3.63) is 146 Å². The van der Waals surface area contributed by atoms with Crippen molar-refractivity contribution in [1.29, 1.82) is 0 Å². The summed E-state index contributed by atoms with van der Waals surface area (Å²) in [4.78, 5) is 14.6. The quantitative estimate of drug-likeness (QED) is 0.231. The zero-order valence-electron chi connectivity index (χ0n) is 22.1. The van der Waals surface area contributed by atoms with Crippen LogP contribution in [0.25, 0.3) is 72.2 Å². The fourth-order valence-electron chi connectivity index (χ4n) is 5.88. The number of hydrogen-bond acceptors (Lipinski definition) is 3. The van der Waals surface area contributed by atoms with E-state index >= 15 is 0 Å². The van der Waals surface area contributed by atoms with Gasteiger partial charge in [-0.05, 0) is 58.3 Å². The van der Waals surface area contributed by atoms with E-state index in [2.05, 4.69) is 125 Å². The van der Waals surface area contributed by atoms with Crippen LogP contribution in [-0.2, 0) is 0 Å². The molecule has 4 heterocycles. The molecule has 0 bridgehead atoms. The van der Waals surface area contributed by atoms with Crippen LogP contribution in [0.1, 0.15) is 0 Å². The van der Waals surface area contributed by atoms with Gasteiger partial charge in [0.25, 0.3) is 0 Å². The maximum Gasteiger partial charge on any atom is 0.138 e. The highest BCUT2D eigenvalue weighted by molar-refractivity contribution is 6.08. The molecule has 0 saturated carbocycles. The van der Waals surface area contributed by atoms with Crippen LogP contribution >= 0.6 is 0 Å². The lowest BCUT2D eigenvalue weighted by Gasteiger charge is -2.13. The number of aromatic nitrogens is 4. The minimum atomic E-state index is 0.826. The van der Waals surface area contributed by atoms with Crippen LogP contribution in [0.5, 0.6) is 0 Å². The molecular weight excluding hydrogens is 500 g/mol. The van der Waals surface area contributed by atoms with Crippen LogP contribution in [0.2, 0.25) is 0 Å². The van der Waals surface area contributed by atoms with Gasteiger partial charge in [-0.15, -0.1) is 0 Å². The van der Waals surface area contributed by atoms with Crippen molar-refractivity contribution < 1.29 is 0 Å². The number of hydrogen-bond donors (Lipinski definition) is 0. The fourth-order valence-corrected chi connectivity index (χ4v) is 5.88. The van der Waals surface area contributed by atoms with Crippen molar-refractivity contribution >= 4 is 32.6 Å². The highest BCUT2D eigenvalue weighted by Crippen LogP contribution is 2.36. The Morgan fingerprint density at radius 1 is 0.415 bits per heavy atom. The topological polar surface area (TPSA) is 43.6 Å². The summed E-state index contributed by atoms with van der Waals surface area (Å²) in [5, 5.41) is 4.73. The lowest BCUT2D eigenvalue weighted by atomic mass is 9.93. The molecule has 41 heavy (non-hydrogen) atoms. The first kappa shape index (κ1) is 23.3. The molecule has 0 fully saturated rings. The molecule has 0 N–H and O–H groups in total. The predicted molar refractivity (Wildman–Crippen MR) is 168 cm³/mol. The van der Waals surface area contributed by atoms with E-state index in [1.54, 1.807) is 0 Å². The van der Waals surface area contributed by atoms with Gasteiger partial charge in [0.15, 0.2) is 0 Å². The third-order valence-corrected chi connectivity index (χ3v) is 7.73. The van der Waals surface area contributed by atoms with Crippen molar-refractivity contribution in [2.75, 3.05) is 0 Å². The Kier molecular flexibility index (Phi) is 5.42. The maximum absolute atomic E-state index is 5.14. The second-order valence-corrected chi connectivity index (χ2v) is 10.1. The highest BCUT2D eigenvalue weighted by Gasteiger charge is 2.15. The molecule has 0 radical (unpaired) electrons. The first-order valence-electron chi connectivity index (χ1n) is 13.7. The molecule has 0 atom stereocenters. The van der Waals surface area contributed by atoms with E-state index in [1.807, 2.05) is 30.6 Å². The molecule has 0 aliphatic heterocycles. The summed E-state index contributed by atoms with van der Waals surface area (Å²) in [6, 6.07) is 46.3. The van der Waals surface area contributed by atoms with Crippen molar-refractivity contribution in [2.24, 2.45) is 0 Å². The van der Waals surface area contributed by atoms with Gasteiger partial charge in [-0.3, -0.25) is 9.55 Å². The van der Waals surface area contributed by atoms with E-state index in [-0.39, 0.29) is 0 Å². The van der Waals surface area contributed by atoms with Gasteiger partial charge in [0.2, 0.25) is 0 Å². The van der Waals surface area contributed by atoms with Crippen molar-refractivity contribution in [1.82, 2.24) is 19.5 Å². The van der Waals surface area contributed by atoms with Gasteiger partial charge < -0.3 is 0 Å². The third-order valence-electron chi connectivity index (χ3n) is 7.73. The maximum atomic E-state index is 5.14. The molecule has 0 saturated heterocycles. The molecule has 0 unspecified atom stereocenters. The van der Waals surface area contributed by atoms with Gasteiger partial charge in [0.1, 0.15) is 5.82 Å². The SMILES string of the molecule is c1cc(-c2cccc(-n3c4ccccc4c4cnccc43)n2)nc(-c2ccccc2-c2cccc3ccccc23)c1. The smallest absolute Gasteiger partial charge is 0.138 e. The Labute approximate surface area is 237 Å². The molecule has 8 rings (SSSR count). The van der Waals surface area contributed by atoms with Gasteiger partial charge >= 0.3 is 0 Å². The van der Waals surface area contributed by atoms with E-state index < -0.39 is 0 Å². The largest absolute Gasteiger partial charge is 0.294 e. The van der Waals surface area contributed by atoms with E-state index in [0.717, 1.165) is 55.8 Å². The standard InChI is InChI=1S/C37H24N4/c1-2-12-26-25(10-1)11-7-16-27(26)28-13-3-4-14-29(28)32-17-8-18-33(39-32)34-19-9-21-37(40-34)41-35-20-6-5-15-30(35)31-24-38-23-22-36(31)41/h1-24H. The van der Waals surface area contributed by atoms with E-state index in [4.69, 9.17) is 9.97 Å². The first-order valence-corrected chi connectivity index (χ1v) is 13.7. The molecule has 192 valence electrons. The molecule has 0 amide bonds. The molecule has 0 aliphatic carbocycles. The summed E-state index contributed by atoms with van der Waals surface area (Å²) < 4.78 is 2.20. The van der Waals surface area contributed by atoms with Crippen LogP contribution in [0.4, 0.5) is 0 Å². The van der Waals surface area contributed by atoms with Crippen molar-refractivity contribution in [3.63, 3.8) is 0 Å². The Bertz CT molecular complexity index is 2170. The molecule has 4 aromatic carbocycles. The second-order valence-electron chi connectivity index (χ2n) is 10.1. The number of rotatable bonds is 4. The minimum Gasteiger partial charge on any atom is -0.294 e. The van der Waals surface area contributed by atoms with Crippen LogP contribution in [-0.4, -0.2) is 19.5 Å². The zero-order chi connectivity index (χ0) is 27.2. The van der Waals surface area contributed by atoms with Crippen LogP contribution < -0.4 is 0 Å². The van der Waals surface area contributed by atoms with Crippen LogP contribution in [0.3, 0.4) is 0 Å². The normalized spacial score (nSPS) is 11.4. The summed E-state index contributed by atoms with van der Waals surface area (Å²) in [6.07, 6.45) is 3.76. The van der Waals surface area contributed by atoms with E-state index in [1.165, 1.54) is 16.3 Å². The monoisotopic (exact) mass is 524 g/mol. The Morgan fingerprint density at radius 2 is 1.05 bits per heavy atom. The summed E-state index contributed by atoms with van der Waals surface area (Å²) in [7, 11) is 0. The van der Waals surface area contributed by atoms with Gasteiger partial charge in [0.05, 0.1) is 28.1 Å². The Hall–Kier alpha value is -5.61. The summed E-state index contributed by atoms with van der Waals surface area (Å²) in [5.41, 5.74) is 8.22. The minimum absolute atomic E-state index is 0.826. The Balaban J connectivity index is 1.26. The van der Waals surface area contributed by atoms with Gasteiger partial charge in [0, 0.05) is 28.7 Å². The summed E-state index contributed by atoms with van der Waals surface area (Å²) >= 11 is 0. The molecule has 0 spiro atoms. The van der Waals surface area contributed by atoms with Crippen LogP contribution in [0, 0.1) is 0 Å². The lowest BCUT2D eigenvalue weighted by Crippen LogP contribution is -1.99. The molecule has 0 aliphatic rings. The average molecular weight is 525 g/mol. The number of pyridine rings is 3. The first-order chi connectivity index (χ1) is 20.3. The highest BCUT2D eigenvalue weighted by atomic mass is 15.1.